The minimum atomic E-state index is 0.617. The van der Waals surface area contributed by atoms with E-state index in [9.17, 15) is 0 Å². The van der Waals surface area contributed by atoms with Crippen LogP contribution in [0.2, 0.25) is 0 Å². The summed E-state index contributed by atoms with van der Waals surface area (Å²) in [4.78, 5) is 11.5. The quantitative estimate of drug-likeness (QED) is 0.669. The fourth-order valence-corrected chi connectivity index (χ4v) is 3.15. The summed E-state index contributed by atoms with van der Waals surface area (Å²) in [5.41, 5.74) is 3.52. The highest BCUT2D eigenvalue weighted by Crippen LogP contribution is 2.32. The first-order chi connectivity index (χ1) is 13.3. The van der Waals surface area contributed by atoms with E-state index in [1.165, 1.54) is 0 Å². The first-order valence-corrected chi connectivity index (χ1v) is 9.16. The van der Waals surface area contributed by atoms with Crippen molar-refractivity contribution in [2.75, 3.05) is 46.6 Å². The van der Waals surface area contributed by atoms with E-state index in [4.69, 9.17) is 19.2 Å². The van der Waals surface area contributed by atoms with Gasteiger partial charge in [0.15, 0.2) is 11.5 Å². The average molecular weight is 365 g/mol. The zero-order valence-corrected chi connectivity index (χ0v) is 15.4. The third kappa shape index (κ3) is 4.18. The van der Waals surface area contributed by atoms with E-state index in [0.29, 0.717) is 12.4 Å². The van der Waals surface area contributed by atoms with Crippen molar-refractivity contribution in [1.29, 1.82) is 0 Å². The van der Waals surface area contributed by atoms with Gasteiger partial charge in [0.2, 0.25) is 0 Å². The van der Waals surface area contributed by atoms with Crippen molar-refractivity contribution in [2.45, 2.75) is 0 Å². The van der Waals surface area contributed by atoms with Crippen LogP contribution in [0.15, 0.2) is 48.7 Å². The maximum atomic E-state index is 5.95. The summed E-state index contributed by atoms with van der Waals surface area (Å²) in [5.74, 6) is 1.44. The van der Waals surface area contributed by atoms with Gasteiger partial charge in [0.05, 0.1) is 43.2 Å². The summed E-state index contributed by atoms with van der Waals surface area (Å²) in [5, 5.41) is 0. The van der Waals surface area contributed by atoms with Gasteiger partial charge in [-0.15, -0.1) is 0 Å². The molecule has 0 saturated carbocycles. The molecule has 2 aromatic carbocycles. The van der Waals surface area contributed by atoms with Gasteiger partial charge in [0.25, 0.3) is 0 Å². The Hall–Kier alpha value is -2.70. The standard InChI is InChI=1S/C21H23N3O3/c1-25-21-14-16(19-15-22-17-4-2-3-5-18(17)23-19)6-7-20(21)27-13-10-24-8-11-26-12-9-24/h2-7,14-15H,8-13H2,1H3. The highest BCUT2D eigenvalue weighted by molar-refractivity contribution is 5.77. The molecule has 0 N–H and O–H groups in total. The van der Waals surface area contributed by atoms with Crippen LogP contribution in [0.4, 0.5) is 0 Å². The van der Waals surface area contributed by atoms with Crippen LogP contribution in [0.1, 0.15) is 0 Å². The van der Waals surface area contributed by atoms with Gasteiger partial charge in [0.1, 0.15) is 6.61 Å². The first-order valence-electron chi connectivity index (χ1n) is 9.16. The molecule has 0 atom stereocenters. The van der Waals surface area contributed by atoms with Gasteiger partial charge in [-0.1, -0.05) is 12.1 Å². The average Bonchev–Trinajstić information content (AvgIpc) is 2.74. The monoisotopic (exact) mass is 365 g/mol. The lowest BCUT2D eigenvalue weighted by atomic mass is 10.1. The molecule has 3 aromatic rings. The SMILES string of the molecule is COc1cc(-c2cnc3ccccc3n2)ccc1OCCN1CCOCC1. The number of hydrogen-bond donors (Lipinski definition) is 0. The third-order valence-electron chi connectivity index (χ3n) is 4.68. The van der Waals surface area contributed by atoms with Crippen molar-refractivity contribution in [3.8, 4) is 22.8 Å². The maximum Gasteiger partial charge on any atom is 0.161 e. The molecular formula is C21H23N3O3. The molecule has 4 rings (SSSR count). The zero-order chi connectivity index (χ0) is 18.5. The second-order valence-corrected chi connectivity index (χ2v) is 6.41. The van der Waals surface area contributed by atoms with Crippen molar-refractivity contribution in [3.63, 3.8) is 0 Å². The normalized spacial score (nSPS) is 15.0. The lowest BCUT2D eigenvalue weighted by Crippen LogP contribution is -2.38. The van der Waals surface area contributed by atoms with Crippen LogP contribution in [0.25, 0.3) is 22.3 Å². The molecular weight excluding hydrogens is 342 g/mol. The highest BCUT2D eigenvalue weighted by atomic mass is 16.5. The molecule has 1 fully saturated rings. The van der Waals surface area contributed by atoms with E-state index in [2.05, 4.69) is 9.88 Å². The molecule has 0 aliphatic carbocycles. The summed E-state index contributed by atoms with van der Waals surface area (Å²) < 4.78 is 16.8. The van der Waals surface area contributed by atoms with E-state index in [1.807, 2.05) is 42.5 Å². The van der Waals surface area contributed by atoms with Gasteiger partial charge in [-0.2, -0.15) is 0 Å². The Labute approximate surface area is 158 Å². The van der Waals surface area contributed by atoms with Crippen LogP contribution >= 0.6 is 0 Å². The number of hydrogen-bond acceptors (Lipinski definition) is 6. The minimum absolute atomic E-state index is 0.617. The van der Waals surface area contributed by atoms with Crippen molar-refractivity contribution in [2.24, 2.45) is 0 Å². The van der Waals surface area contributed by atoms with Gasteiger partial charge < -0.3 is 14.2 Å². The maximum absolute atomic E-state index is 5.95. The predicted octanol–water partition coefficient (Wildman–Crippen LogP) is 3.02. The molecule has 6 heteroatoms. The number of methoxy groups -OCH3 is 1. The van der Waals surface area contributed by atoms with Crippen LogP contribution in [0.3, 0.4) is 0 Å². The number of benzene rings is 2. The number of aromatic nitrogens is 2. The fourth-order valence-electron chi connectivity index (χ4n) is 3.15. The number of morpholine rings is 1. The lowest BCUT2D eigenvalue weighted by molar-refractivity contribution is 0.0321. The summed E-state index contributed by atoms with van der Waals surface area (Å²) in [6.45, 7) is 5.01. The molecule has 0 radical (unpaired) electrons. The van der Waals surface area contributed by atoms with Crippen LogP contribution < -0.4 is 9.47 Å². The summed E-state index contributed by atoms with van der Waals surface area (Å²) >= 11 is 0. The Kier molecular flexibility index (Phi) is 5.46. The van der Waals surface area contributed by atoms with Crippen molar-refractivity contribution < 1.29 is 14.2 Å². The predicted molar refractivity (Wildman–Crippen MR) is 104 cm³/mol. The molecule has 0 bridgehead atoms. The molecule has 0 unspecified atom stereocenters. The largest absolute Gasteiger partial charge is 0.493 e. The van der Waals surface area contributed by atoms with Gasteiger partial charge >= 0.3 is 0 Å². The van der Waals surface area contributed by atoms with Crippen molar-refractivity contribution in [3.05, 3.63) is 48.7 Å². The van der Waals surface area contributed by atoms with E-state index in [-0.39, 0.29) is 0 Å². The minimum Gasteiger partial charge on any atom is -0.493 e. The van der Waals surface area contributed by atoms with Crippen molar-refractivity contribution in [1.82, 2.24) is 14.9 Å². The molecule has 1 saturated heterocycles. The molecule has 1 aromatic heterocycles. The van der Waals surface area contributed by atoms with Crippen LogP contribution in [0.5, 0.6) is 11.5 Å². The second kappa shape index (κ2) is 8.33. The summed E-state index contributed by atoms with van der Waals surface area (Å²) in [6, 6.07) is 13.7. The molecule has 6 nitrogen and oxygen atoms in total. The smallest absolute Gasteiger partial charge is 0.161 e. The Bertz CT molecular complexity index is 910. The van der Waals surface area contributed by atoms with Crippen molar-refractivity contribution >= 4 is 11.0 Å². The number of rotatable bonds is 6. The number of nitrogens with zero attached hydrogens (tertiary/aromatic N) is 3. The Morgan fingerprint density at radius 1 is 1.04 bits per heavy atom. The second-order valence-electron chi connectivity index (χ2n) is 6.41. The van der Waals surface area contributed by atoms with Crippen LogP contribution in [-0.2, 0) is 4.74 Å². The van der Waals surface area contributed by atoms with Gasteiger partial charge in [0, 0.05) is 25.2 Å². The molecule has 0 amide bonds. The van der Waals surface area contributed by atoms with Crippen LogP contribution in [0, 0.1) is 0 Å². The fraction of sp³-hybridized carbons (Fsp3) is 0.333. The summed E-state index contributed by atoms with van der Waals surface area (Å²) in [7, 11) is 1.65. The van der Waals surface area contributed by atoms with Gasteiger partial charge in [-0.3, -0.25) is 9.88 Å². The van der Waals surface area contributed by atoms with Gasteiger partial charge in [-0.05, 0) is 30.3 Å². The first kappa shape index (κ1) is 17.7. The van der Waals surface area contributed by atoms with Gasteiger partial charge in [-0.25, -0.2) is 4.98 Å². The number of ether oxygens (including phenoxy) is 3. The molecule has 27 heavy (non-hydrogen) atoms. The number of para-hydroxylation sites is 2. The molecule has 1 aliphatic heterocycles. The molecule has 140 valence electrons. The van der Waals surface area contributed by atoms with Crippen LogP contribution in [-0.4, -0.2) is 61.4 Å². The molecule has 2 heterocycles. The Morgan fingerprint density at radius 2 is 1.85 bits per heavy atom. The van der Waals surface area contributed by atoms with E-state index < -0.39 is 0 Å². The van der Waals surface area contributed by atoms with E-state index in [1.54, 1.807) is 13.3 Å². The topological polar surface area (TPSA) is 56.7 Å². The molecule has 1 aliphatic rings. The Balaban J connectivity index is 1.48. The zero-order valence-electron chi connectivity index (χ0n) is 15.4. The lowest BCUT2D eigenvalue weighted by Gasteiger charge is -2.26. The number of fused-ring (bicyclic) bond motifs is 1. The third-order valence-corrected chi connectivity index (χ3v) is 4.68. The molecule has 0 spiro atoms. The van der Waals surface area contributed by atoms with E-state index in [0.717, 1.165) is 60.9 Å². The highest BCUT2D eigenvalue weighted by Gasteiger charge is 2.12. The van der Waals surface area contributed by atoms with E-state index >= 15 is 0 Å². The Morgan fingerprint density at radius 3 is 2.67 bits per heavy atom. The summed E-state index contributed by atoms with van der Waals surface area (Å²) in [6.07, 6.45) is 1.79.